The number of anilines is 2. The predicted octanol–water partition coefficient (Wildman–Crippen LogP) is 4.49. The van der Waals surface area contributed by atoms with Crippen molar-refractivity contribution in [3.05, 3.63) is 90.4 Å². The summed E-state index contributed by atoms with van der Waals surface area (Å²) >= 11 is 0. The van der Waals surface area contributed by atoms with Gasteiger partial charge in [0.05, 0.1) is 24.1 Å². The molecule has 2 aromatic carbocycles. The van der Waals surface area contributed by atoms with E-state index in [1.807, 2.05) is 30.3 Å². The summed E-state index contributed by atoms with van der Waals surface area (Å²) in [6, 6.07) is 20.1. The molecule has 0 saturated heterocycles. The van der Waals surface area contributed by atoms with E-state index >= 15 is 0 Å². The number of aromatic nitrogens is 3. The van der Waals surface area contributed by atoms with Gasteiger partial charge in [-0.25, -0.2) is 9.48 Å². The fourth-order valence-corrected chi connectivity index (χ4v) is 3.83. The number of carbonyl (C=O) groups excluding carboxylic acids is 1. The first kappa shape index (κ1) is 28.8. The van der Waals surface area contributed by atoms with Gasteiger partial charge in [0, 0.05) is 36.1 Å². The van der Waals surface area contributed by atoms with Gasteiger partial charge < -0.3 is 25.6 Å². The molecule has 2 amide bonds. The number of nitrogens with one attached hydrogen (secondary N) is 3. The number of carbonyl (C=O) groups is 1. The number of amides is 2. The highest BCUT2D eigenvalue weighted by Gasteiger charge is 2.21. The van der Waals surface area contributed by atoms with Gasteiger partial charge in [-0.2, -0.15) is 5.10 Å². The summed E-state index contributed by atoms with van der Waals surface area (Å²) < 4.78 is 7.51. The first-order valence-corrected chi connectivity index (χ1v) is 13.2. The number of ether oxygens (including phenoxy) is 1. The second kappa shape index (κ2) is 13.2. The van der Waals surface area contributed by atoms with Crippen LogP contribution in [0.5, 0.6) is 11.5 Å². The number of pyridine rings is 1. The number of nitrogens with zero attached hydrogens (tertiary/aromatic N) is 3. The lowest BCUT2D eigenvalue weighted by Gasteiger charge is -2.14. The van der Waals surface area contributed by atoms with Gasteiger partial charge in [-0.3, -0.25) is 10.3 Å². The number of aliphatic hydroxyl groups is 2. The van der Waals surface area contributed by atoms with Gasteiger partial charge in [0.15, 0.2) is 0 Å². The largest absolute Gasteiger partial charge is 0.457 e. The molecule has 0 aliphatic heterocycles. The van der Waals surface area contributed by atoms with Crippen LogP contribution in [0.2, 0.25) is 0 Å². The molecule has 210 valence electrons. The Labute approximate surface area is 234 Å². The zero-order valence-corrected chi connectivity index (χ0v) is 23.0. The van der Waals surface area contributed by atoms with Crippen molar-refractivity contribution in [2.45, 2.75) is 38.7 Å². The van der Waals surface area contributed by atoms with Crippen LogP contribution in [-0.2, 0) is 11.8 Å². The van der Waals surface area contributed by atoms with E-state index in [9.17, 15) is 9.90 Å². The van der Waals surface area contributed by atoms with Crippen molar-refractivity contribution in [2.24, 2.45) is 0 Å². The summed E-state index contributed by atoms with van der Waals surface area (Å²) in [6.45, 7) is 6.98. The van der Waals surface area contributed by atoms with E-state index in [0.717, 1.165) is 23.4 Å². The van der Waals surface area contributed by atoms with E-state index in [1.54, 1.807) is 53.5 Å². The summed E-state index contributed by atoms with van der Waals surface area (Å²) in [6.07, 6.45) is 3.33. The van der Waals surface area contributed by atoms with Gasteiger partial charge in [0.1, 0.15) is 17.3 Å². The zero-order chi connectivity index (χ0) is 28.5. The van der Waals surface area contributed by atoms with Crippen LogP contribution >= 0.6 is 0 Å². The van der Waals surface area contributed by atoms with Crippen molar-refractivity contribution in [3.8, 4) is 17.2 Å². The Kier molecular flexibility index (Phi) is 9.49. The Morgan fingerprint density at radius 2 is 1.65 bits per heavy atom. The summed E-state index contributed by atoms with van der Waals surface area (Å²) in [7, 11) is 0. The maximum absolute atomic E-state index is 12.9. The van der Waals surface area contributed by atoms with Crippen LogP contribution in [0.3, 0.4) is 0 Å². The average molecular weight is 545 g/mol. The maximum Gasteiger partial charge on any atom is 0.324 e. The third-order valence-electron chi connectivity index (χ3n) is 6.08. The molecule has 10 heteroatoms. The minimum atomic E-state index is -0.756. The summed E-state index contributed by atoms with van der Waals surface area (Å²) in [4.78, 5) is 16.9. The van der Waals surface area contributed by atoms with E-state index in [-0.39, 0.29) is 12.0 Å². The Bertz CT molecular complexity index is 1370. The molecule has 1 unspecified atom stereocenters. The standard InChI is InChI=1S/C30H36N6O4/c1-30(2,3)27-18-28(36(35-27)23-8-4-21(5-9-23)12-15-32-19-24(38)20-37)34-29(39)33-22-6-10-25(11-7-22)40-26-13-16-31-17-14-26/h4-11,13-14,16-18,24,32,37-38H,12,15,19-20H2,1-3H3,(H2,33,34,39). The van der Waals surface area contributed by atoms with Crippen LogP contribution in [0.25, 0.3) is 5.69 Å². The summed E-state index contributed by atoms with van der Waals surface area (Å²) in [5, 5.41) is 32.1. The van der Waals surface area contributed by atoms with Crippen molar-refractivity contribution in [1.29, 1.82) is 0 Å². The first-order chi connectivity index (χ1) is 19.2. The van der Waals surface area contributed by atoms with Gasteiger partial charge in [-0.15, -0.1) is 0 Å². The van der Waals surface area contributed by atoms with Crippen molar-refractivity contribution in [3.63, 3.8) is 0 Å². The Morgan fingerprint density at radius 3 is 2.30 bits per heavy atom. The van der Waals surface area contributed by atoms with Gasteiger partial charge in [-0.05, 0) is 67.1 Å². The monoisotopic (exact) mass is 544 g/mol. The highest BCUT2D eigenvalue weighted by atomic mass is 16.5. The quantitative estimate of drug-likeness (QED) is 0.176. The molecule has 4 rings (SSSR count). The molecular weight excluding hydrogens is 508 g/mol. The normalized spacial score (nSPS) is 12.1. The second-order valence-electron chi connectivity index (χ2n) is 10.4. The van der Waals surface area contributed by atoms with Crippen LogP contribution in [0.4, 0.5) is 16.3 Å². The first-order valence-electron chi connectivity index (χ1n) is 13.2. The van der Waals surface area contributed by atoms with Gasteiger partial charge >= 0.3 is 6.03 Å². The minimum absolute atomic E-state index is 0.215. The molecule has 4 aromatic rings. The molecule has 0 aliphatic rings. The lowest BCUT2D eigenvalue weighted by molar-refractivity contribution is 0.0947. The van der Waals surface area contributed by atoms with Crippen molar-refractivity contribution < 1.29 is 19.7 Å². The molecule has 5 N–H and O–H groups in total. The van der Waals surface area contributed by atoms with E-state index in [2.05, 4.69) is 41.7 Å². The van der Waals surface area contributed by atoms with Crippen LogP contribution in [-0.4, -0.2) is 56.8 Å². The smallest absolute Gasteiger partial charge is 0.324 e. The van der Waals surface area contributed by atoms with Crippen molar-refractivity contribution in [2.75, 3.05) is 30.3 Å². The van der Waals surface area contributed by atoms with Crippen molar-refractivity contribution >= 4 is 17.5 Å². The fraction of sp³-hybridized carbons (Fsp3) is 0.300. The Hall–Kier alpha value is -4.25. The molecule has 2 heterocycles. The van der Waals surface area contributed by atoms with Crippen molar-refractivity contribution in [1.82, 2.24) is 20.1 Å². The highest BCUT2D eigenvalue weighted by molar-refractivity contribution is 5.99. The van der Waals surface area contributed by atoms with Gasteiger partial charge in [0.25, 0.3) is 0 Å². The maximum atomic E-state index is 12.9. The summed E-state index contributed by atoms with van der Waals surface area (Å²) in [5.41, 5.74) is 3.17. The lowest BCUT2D eigenvalue weighted by Crippen LogP contribution is -2.30. The number of urea groups is 1. The molecule has 2 aromatic heterocycles. The zero-order valence-electron chi connectivity index (χ0n) is 23.0. The topological polar surface area (TPSA) is 134 Å². The van der Waals surface area contributed by atoms with E-state index in [4.69, 9.17) is 14.9 Å². The average Bonchev–Trinajstić information content (AvgIpc) is 3.37. The molecule has 0 fully saturated rings. The molecular formula is C30H36N6O4. The molecule has 40 heavy (non-hydrogen) atoms. The van der Waals surface area contributed by atoms with Crippen LogP contribution < -0.4 is 20.7 Å². The number of hydrogen-bond acceptors (Lipinski definition) is 7. The molecule has 1 atom stereocenters. The molecule has 0 radical (unpaired) electrons. The fourth-order valence-electron chi connectivity index (χ4n) is 3.83. The van der Waals surface area contributed by atoms with Gasteiger partial charge in [-0.1, -0.05) is 32.9 Å². The molecule has 0 aliphatic carbocycles. The lowest BCUT2D eigenvalue weighted by atomic mass is 9.92. The van der Waals surface area contributed by atoms with Crippen LogP contribution in [0, 0.1) is 0 Å². The van der Waals surface area contributed by atoms with Crippen LogP contribution in [0.1, 0.15) is 32.0 Å². The SMILES string of the molecule is CC(C)(C)c1cc(NC(=O)Nc2ccc(Oc3ccncc3)cc2)n(-c2ccc(CCNCC(O)CO)cc2)n1. The third-order valence-corrected chi connectivity index (χ3v) is 6.08. The molecule has 0 spiro atoms. The molecule has 0 saturated carbocycles. The Balaban J connectivity index is 1.42. The van der Waals surface area contributed by atoms with E-state index in [0.29, 0.717) is 36.1 Å². The van der Waals surface area contributed by atoms with Gasteiger partial charge in [0.2, 0.25) is 0 Å². The molecule has 0 bridgehead atoms. The van der Waals surface area contributed by atoms with E-state index in [1.165, 1.54) is 0 Å². The minimum Gasteiger partial charge on any atom is -0.457 e. The summed E-state index contributed by atoms with van der Waals surface area (Å²) in [5.74, 6) is 1.87. The van der Waals surface area contributed by atoms with E-state index < -0.39 is 12.1 Å². The number of benzene rings is 2. The number of aliphatic hydroxyl groups excluding tert-OH is 2. The predicted molar refractivity (Wildman–Crippen MR) is 155 cm³/mol. The molecule has 10 nitrogen and oxygen atoms in total. The van der Waals surface area contributed by atoms with Crippen LogP contribution in [0.15, 0.2) is 79.1 Å². The number of hydrogen-bond donors (Lipinski definition) is 5. The Morgan fingerprint density at radius 1 is 0.975 bits per heavy atom. The second-order valence-corrected chi connectivity index (χ2v) is 10.4. The highest BCUT2D eigenvalue weighted by Crippen LogP contribution is 2.27. The number of rotatable bonds is 11. The third kappa shape index (κ3) is 8.12.